The van der Waals surface area contributed by atoms with Crippen LogP contribution in [0.5, 0.6) is 0 Å². The molecule has 1 N–H and O–H groups in total. The molecule has 1 aromatic carbocycles. The van der Waals surface area contributed by atoms with Gasteiger partial charge < -0.3 is 10.1 Å². The largest absolute Gasteiger partial charge is 0.454 e. The van der Waals surface area contributed by atoms with Crippen LogP contribution in [-0.2, 0) is 20.7 Å². The molecule has 1 aromatic rings. The van der Waals surface area contributed by atoms with E-state index < -0.39 is 0 Å². The highest BCUT2D eigenvalue weighted by Gasteiger charge is 2.11. The highest BCUT2D eigenvalue weighted by molar-refractivity contribution is 8.14. The summed E-state index contributed by atoms with van der Waals surface area (Å²) in [6, 6.07) is 6.01. The van der Waals surface area contributed by atoms with Gasteiger partial charge in [0, 0.05) is 5.69 Å². The summed E-state index contributed by atoms with van der Waals surface area (Å²) in [4.78, 5) is 25.9. The number of ether oxygens (including phenoxy) is 1. The lowest BCUT2D eigenvalue weighted by Gasteiger charge is -2.15. The Bertz CT molecular complexity index is 556. The molecule has 0 aliphatic rings. The number of aryl methyl sites for hydroxylation is 2. The minimum Gasteiger partial charge on any atom is -0.454 e. The molecule has 0 radical (unpaired) electrons. The van der Waals surface area contributed by atoms with Gasteiger partial charge in [-0.1, -0.05) is 39.0 Å². The van der Waals surface area contributed by atoms with Gasteiger partial charge in [0.1, 0.15) is 5.94 Å². The van der Waals surface area contributed by atoms with Crippen LogP contribution in [-0.4, -0.2) is 23.5 Å². The van der Waals surface area contributed by atoms with Gasteiger partial charge >= 0.3 is 5.97 Å². The van der Waals surface area contributed by atoms with Crippen molar-refractivity contribution in [2.75, 3.05) is 11.3 Å². The van der Waals surface area contributed by atoms with Gasteiger partial charge in [-0.25, -0.2) is 0 Å². The van der Waals surface area contributed by atoms with E-state index in [1.807, 2.05) is 25.1 Å². The molecule has 6 heteroatoms. The van der Waals surface area contributed by atoms with E-state index in [0.717, 1.165) is 23.2 Å². The van der Waals surface area contributed by atoms with Crippen LogP contribution in [0.4, 0.5) is 5.69 Å². The van der Waals surface area contributed by atoms with E-state index in [1.54, 1.807) is 13.8 Å². The number of amides is 1. The number of hydrogen-bond acceptors (Lipinski definition) is 4. The van der Waals surface area contributed by atoms with Crippen LogP contribution in [0.3, 0.4) is 0 Å². The number of nitrogens with one attached hydrogen (secondary N) is 1. The van der Waals surface area contributed by atoms with Crippen LogP contribution in [0.1, 0.15) is 31.9 Å². The van der Waals surface area contributed by atoms with Crippen LogP contribution < -0.4 is 5.32 Å². The Labute approximate surface area is 135 Å². The zero-order valence-corrected chi connectivity index (χ0v) is 14.2. The number of aliphatic imine (C=N–C) groups is 1. The molecule has 0 spiro atoms. The zero-order chi connectivity index (χ0) is 16.5. The summed E-state index contributed by atoms with van der Waals surface area (Å²) in [5.74, 6) is -0.338. The van der Waals surface area contributed by atoms with Crippen LogP contribution in [0.15, 0.2) is 23.2 Å². The minimum atomic E-state index is -0.275. The SMILES string of the molecule is CCc1cccc(C)c1N/C(=N\C=O)SCOC(=O)C(C)C. The second kappa shape index (κ2) is 9.25. The van der Waals surface area contributed by atoms with Crippen LogP contribution in [0.25, 0.3) is 0 Å². The van der Waals surface area contributed by atoms with Crippen molar-refractivity contribution in [1.29, 1.82) is 0 Å². The number of carbonyl (C=O) groups excluding carboxylic acids is 2. The second-order valence-corrected chi connectivity index (χ2v) is 5.92. The highest BCUT2D eigenvalue weighted by atomic mass is 32.2. The first-order valence-electron chi connectivity index (χ1n) is 7.16. The first-order chi connectivity index (χ1) is 10.5. The van der Waals surface area contributed by atoms with Crippen molar-refractivity contribution in [2.24, 2.45) is 10.9 Å². The smallest absolute Gasteiger partial charge is 0.309 e. The topological polar surface area (TPSA) is 67.8 Å². The summed E-state index contributed by atoms with van der Waals surface area (Å²) in [5, 5.41) is 3.57. The third kappa shape index (κ3) is 5.52. The van der Waals surface area contributed by atoms with Gasteiger partial charge in [0.15, 0.2) is 5.17 Å². The maximum absolute atomic E-state index is 11.4. The second-order valence-electron chi connectivity index (χ2n) is 5.01. The number of benzene rings is 1. The Morgan fingerprint density at radius 3 is 2.77 bits per heavy atom. The molecule has 0 saturated carbocycles. The first kappa shape index (κ1) is 18.2. The zero-order valence-electron chi connectivity index (χ0n) is 13.4. The Hall–Kier alpha value is -1.82. The fraction of sp³-hybridized carbons (Fsp3) is 0.438. The Morgan fingerprint density at radius 1 is 1.45 bits per heavy atom. The Balaban J connectivity index is 2.76. The van der Waals surface area contributed by atoms with Crippen molar-refractivity contribution in [2.45, 2.75) is 34.1 Å². The number of carbonyl (C=O) groups is 2. The molecule has 0 aliphatic heterocycles. The molecule has 0 bridgehead atoms. The van der Waals surface area contributed by atoms with E-state index in [2.05, 4.69) is 17.2 Å². The van der Waals surface area contributed by atoms with Gasteiger partial charge in [-0.05, 0) is 36.2 Å². The number of esters is 1. The fourth-order valence-electron chi connectivity index (χ4n) is 1.77. The van der Waals surface area contributed by atoms with E-state index in [-0.39, 0.29) is 17.8 Å². The number of hydrogen-bond donors (Lipinski definition) is 1. The van der Waals surface area contributed by atoms with Crippen molar-refractivity contribution >= 4 is 35.0 Å². The average Bonchev–Trinajstić information content (AvgIpc) is 2.49. The average molecular weight is 322 g/mol. The van der Waals surface area contributed by atoms with E-state index in [9.17, 15) is 9.59 Å². The predicted molar refractivity (Wildman–Crippen MR) is 91.1 cm³/mol. The molecule has 1 amide bonds. The summed E-state index contributed by atoms with van der Waals surface area (Å²) in [6.07, 6.45) is 1.34. The monoisotopic (exact) mass is 322 g/mol. The normalized spacial score (nSPS) is 11.4. The molecular weight excluding hydrogens is 300 g/mol. The number of anilines is 1. The molecule has 0 heterocycles. The fourth-order valence-corrected chi connectivity index (χ4v) is 2.35. The highest BCUT2D eigenvalue weighted by Crippen LogP contribution is 2.23. The third-order valence-electron chi connectivity index (χ3n) is 3.01. The number of para-hydroxylation sites is 1. The van der Waals surface area contributed by atoms with Gasteiger partial charge in [-0.15, -0.1) is 0 Å². The van der Waals surface area contributed by atoms with Gasteiger partial charge in [-0.2, -0.15) is 4.99 Å². The third-order valence-corrected chi connectivity index (χ3v) is 3.73. The van der Waals surface area contributed by atoms with Crippen LogP contribution in [0, 0.1) is 12.8 Å². The van der Waals surface area contributed by atoms with Crippen molar-refractivity contribution in [1.82, 2.24) is 0 Å². The van der Waals surface area contributed by atoms with Gasteiger partial charge in [0.25, 0.3) is 0 Å². The molecule has 1 rings (SSSR count). The molecular formula is C16H22N2O3S. The molecule has 0 atom stereocenters. The van der Waals surface area contributed by atoms with Crippen LogP contribution in [0.2, 0.25) is 0 Å². The summed E-state index contributed by atoms with van der Waals surface area (Å²) >= 11 is 1.18. The lowest BCUT2D eigenvalue weighted by atomic mass is 10.1. The van der Waals surface area contributed by atoms with Crippen molar-refractivity contribution in [3.05, 3.63) is 29.3 Å². The summed E-state index contributed by atoms with van der Waals surface area (Å²) in [5.41, 5.74) is 3.14. The van der Waals surface area contributed by atoms with Crippen molar-refractivity contribution in [3.8, 4) is 0 Å². The molecule has 5 nitrogen and oxygen atoms in total. The molecule has 0 fully saturated rings. The summed E-state index contributed by atoms with van der Waals surface area (Å²) in [7, 11) is 0. The standard InChI is InChI=1S/C16H22N2O3S/c1-5-13-8-6-7-12(4)14(13)18-16(17-9-19)22-10-21-15(20)11(2)3/h6-9,11H,5,10H2,1-4H3,(H,17,18,19). The maximum Gasteiger partial charge on any atom is 0.309 e. The van der Waals surface area contributed by atoms with Gasteiger partial charge in [-0.3, -0.25) is 9.59 Å². The summed E-state index contributed by atoms with van der Waals surface area (Å²) in [6.45, 7) is 7.59. The Kier molecular flexibility index (Phi) is 7.66. The predicted octanol–water partition coefficient (Wildman–Crippen LogP) is 3.37. The molecule has 0 saturated heterocycles. The Morgan fingerprint density at radius 2 is 2.18 bits per heavy atom. The van der Waals surface area contributed by atoms with Gasteiger partial charge in [0.05, 0.1) is 5.92 Å². The molecule has 120 valence electrons. The molecule has 0 aromatic heterocycles. The number of nitrogens with zero attached hydrogens (tertiary/aromatic N) is 1. The minimum absolute atomic E-state index is 0.115. The molecule has 22 heavy (non-hydrogen) atoms. The quantitative estimate of drug-likeness (QED) is 0.286. The van der Waals surface area contributed by atoms with E-state index in [4.69, 9.17) is 4.74 Å². The van der Waals surface area contributed by atoms with E-state index >= 15 is 0 Å². The lowest BCUT2D eigenvalue weighted by Crippen LogP contribution is -2.15. The lowest BCUT2D eigenvalue weighted by molar-refractivity contribution is -0.144. The van der Waals surface area contributed by atoms with E-state index in [1.165, 1.54) is 11.8 Å². The first-order valence-corrected chi connectivity index (χ1v) is 8.14. The van der Waals surface area contributed by atoms with E-state index in [0.29, 0.717) is 11.6 Å². The molecule has 0 unspecified atom stereocenters. The van der Waals surface area contributed by atoms with Crippen molar-refractivity contribution in [3.63, 3.8) is 0 Å². The number of amidine groups is 1. The van der Waals surface area contributed by atoms with Gasteiger partial charge in [0.2, 0.25) is 6.41 Å². The number of rotatable bonds is 6. The van der Waals surface area contributed by atoms with Crippen molar-refractivity contribution < 1.29 is 14.3 Å². The maximum atomic E-state index is 11.4. The summed E-state index contributed by atoms with van der Waals surface area (Å²) < 4.78 is 5.09. The molecule has 0 aliphatic carbocycles. The number of thioether (sulfide) groups is 1. The van der Waals surface area contributed by atoms with Crippen LogP contribution >= 0.6 is 11.8 Å².